The van der Waals surface area contributed by atoms with Crippen molar-refractivity contribution in [1.29, 1.82) is 0 Å². The van der Waals surface area contributed by atoms with Crippen LogP contribution in [0.4, 0.5) is 5.69 Å². The summed E-state index contributed by atoms with van der Waals surface area (Å²) in [5.41, 5.74) is 1.91. The van der Waals surface area contributed by atoms with E-state index in [2.05, 4.69) is 5.32 Å². The van der Waals surface area contributed by atoms with Crippen molar-refractivity contribution in [1.82, 2.24) is 4.90 Å². The minimum atomic E-state index is -0.293. The fraction of sp³-hybridized carbons (Fsp3) is 0.500. The first-order chi connectivity index (χ1) is 10.0. The van der Waals surface area contributed by atoms with Crippen molar-refractivity contribution in [3.05, 3.63) is 29.8 Å². The van der Waals surface area contributed by atoms with Crippen LogP contribution in [0, 0.1) is 12.8 Å². The van der Waals surface area contributed by atoms with E-state index in [-0.39, 0.29) is 30.2 Å². The van der Waals surface area contributed by atoms with Crippen LogP contribution >= 0.6 is 0 Å². The zero-order chi connectivity index (χ0) is 15.4. The minimum Gasteiger partial charge on any atom is -0.383 e. The number of rotatable bonds is 5. The van der Waals surface area contributed by atoms with Gasteiger partial charge in [-0.3, -0.25) is 9.59 Å². The molecule has 0 aromatic heterocycles. The summed E-state index contributed by atoms with van der Waals surface area (Å²) in [5, 5.41) is 2.87. The van der Waals surface area contributed by atoms with Gasteiger partial charge in [0.05, 0.1) is 18.6 Å². The molecule has 1 aromatic rings. The highest BCUT2D eigenvalue weighted by Gasteiger charge is 2.36. The van der Waals surface area contributed by atoms with E-state index in [4.69, 9.17) is 4.74 Å². The number of nitrogens with zero attached hydrogens (tertiary/aromatic N) is 1. The van der Waals surface area contributed by atoms with Crippen LogP contribution in [0.2, 0.25) is 0 Å². The number of carbonyl (C=O) groups is 2. The average molecular weight is 290 g/mol. The third-order valence-electron chi connectivity index (χ3n) is 3.79. The van der Waals surface area contributed by atoms with Gasteiger partial charge in [-0.1, -0.05) is 17.7 Å². The summed E-state index contributed by atoms with van der Waals surface area (Å²) in [5.74, 6) is -0.374. The number of anilines is 1. The lowest BCUT2D eigenvalue weighted by atomic mass is 10.1. The van der Waals surface area contributed by atoms with Crippen molar-refractivity contribution >= 4 is 17.5 Å². The van der Waals surface area contributed by atoms with Gasteiger partial charge in [0.1, 0.15) is 0 Å². The van der Waals surface area contributed by atoms with Gasteiger partial charge in [-0.15, -0.1) is 0 Å². The SMILES string of the molecule is COCC(C)N1CC(C(=O)Nc2ccc(C)cc2)CC1=O. The molecule has 2 rings (SSSR count). The van der Waals surface area contributed by atoms with Crippen LogP contribution in [0.5, 0.6) is 0 Å². The summed E-state index contributed by atoms with van der Waals surface area (Å²) in [4.78, 5) is 26.0. The van der Waals surface area contributed by atoms with Crippen LogP contribution < -0.4 is 5.32 Å². The Kier molecular flexibility index (Phi) is 4.96. The number of carbonyl (C=O) groups excluding carboxylic acids is 2. The third-order valence-corrected chi connectivity index (χ3v) is 3.79. The molecule has 21 heavy (non-hydrogen) atoms. The Hall–Kier alpha value is -1.88. The van der Waals surface area contributed by atoms with Crippen LogP contribution in [0.25, 0.3) is 0 Å². The van der Waals surface area contributed by atoms with Gasteiger partial charge in [-0.2, -0.15) is 0 Å². The van der Waals surface area contributed by atoms with E-state index in [0.29, 0.717) is 13.2 Å². The molecule has 1 N–H and O–H groups in total. The number of likely N-dealkylation sites (tertiary alicyclic amines) is 1. The van der Waals surface area contributed by atoms with Gasteiger partial charge in [0.15, 0.2) is 0 Å². The van der Waals surface area contributed by atoms with Gasteiger partial charge in [-0.25, -0.2) is 0 Å². The lowest BCUT2D eigenvalue weighted by molar-refractivity contribution is -0.130. The van der Waals surface area contributed by atoms with Gasteiger partial charge in [-0.05, 0) is 26.0 Å². The number of aryl methyl sites for hydroxylation is 1. The van der Waals surface area contributed by atoms with Crippen molar-refractivity contribution < 1.29 is 14.3 Å². The zero-order valence-corrected chi connectivity index (χ0v) is 12.8. The molecule has 1 heterocycles. The highest BCUT2D eigenvalue weighted by molar-refractivity contribution is 5.97. The topological polar surface area (TPSA) is 58.6 Å². The van der Waals surface area contributed by atoms with Crippen LogP contribution in [0.1, 0.15) is 18.9 Å². The highest BCUT2D eigenvalue weighted by Crippen LogP contribution is 2.22. The van der Waals surface area contributed by atoms with Gasteiger partial charge >= 0.3 is 0 Å². The second-order valence-electron chi connectivity index (χ2n) is 5.61. The first kappa shape index (κ1) is 15.5. The summed E-state index contributed by atoms with van der Waals surface area (Å²) in [7, 11) is 1.61. The Morgan fingerprint density at radius 1 is 1.43 bits per heavy atom. The van der Waals surface area contributed by atoms with E-state index in [1.54, 1.807) is 12.0 Å². The van der Waals surface area contributed by atoms with Gasteiger partial charge in [0, 0.05) is 25.8 Å². The molecule has 0 saturated carbocycles. The van der Waals surface area contributed by atoms with E-state index in [0.717, 1.165) is 11.3 Å². The standard InChI is InChI=1S/C16H22N2O3/c1-11-4-6-14(7-5-11)17-16(20)13-8-15(19)18(9-13)12(2)10-21-3/h4-7,12-13H,8-10H2,1-3H3,(H,17,20). The zero-order valence-electron chi connectivity index (χ0n) is 12.8. The summed E-state index contributed by atoms with van der Waals surface area (Å²) in [6.45, 7) is 4.87. The number of amides is 2. The average Bonchev–Trinajstić information content (AvgIpc) is 2.84. The Labute approximate surface area is 125 Å². The number of methoxy groups -OCH3 is 1. The number of hydrogen-bond donors (Lipinski definition) is 1. The Balaban J connectivity index is 1.95. The molecule has 2 atom stereocenters. The third kappa shape index (κ3) is 3.82. The molecule has 5 heteroatoms. The van der Waals surface area contributed by atoms with Crippen molar-refractivity contribution in [2.24, 2.45) is 5.92 Å². The van der Waals surface area contributed by atoms with Crippen molar-refractivity contribution in [3.8, 4) is 0 Å². The molecular formula is C16H22N2O3. The maximum absolute atomic E-state index is 12.2. The normalized spacial score (nSPS) is 19.7. The van der Waals surface area contributed by atoms with Crippen molar-refractivity contribution in [2.45, 2.75) is 26.3 Å². The molecule has 0 radical (unpaired) electrons. The number of benzene rings is 1. The van der Waals surface area contributed by atoms with E-state index < -0.39 is 0 Å². The summed E-state index contributed by atoms with van der Waals surface area (Å²) in [6.07, 6.45) is 0.270. The van der Waals surface area contributed by atoms with Crippen molar-refractivity contribution in [2.75, 3.05) is 25.6 Å². The smallest absolute Gasteiger partial charge is 0.229 e. The summed E-state index contributed by atoms with van der Waals surface area (Å²) < 4.78 is 5.07. The van der Waals surface area contributed by atoms with Crippen LogP contribution in [0.15, 0.2) is 24.3 Å². The van der Waals surface area contributed by atoms with E-state index in [1.807, 2.05) is 38.1 Å². The predicted molar refractivity (Wildman–Crippen MR) is 81.0 cm³/mol. The maximum Gasteiger partial charge on any atom is 0.229 e. The lowest BCUT2D eigenvalue weighted by Crippen LogP contribution is -2.38. The molecule has 0 spiro atoms. The molecule has 1 aliphatic rings. The molecule has 0 bridgehead atoms. The van der Waals surface area contributed by atoms with Gasteiger partial charge in [0.25, 0.3) is 0 Å². The van der Waals surface area contributed by atoms with Gasteiger partial charge < -0.3 is 15.0 Å². The van der Waals surface area contributed by atoms with Crippen LogP contribution in [0.3, 0.4) is 0 Å². The fourth-order valence-corrected chi connectivity index (χ4v) is 2.55. The molecule has 1 saturated heterocycles. The molecule has 1 aromatic carbocycles. The number of ether oxygens (including phenoxy) is 1. The Morgan fingerprint density at radius 2 is 2.10 bits per heavy atom. The quantitative estimate of drug-likeness (QED) is 0.900. The number of hydrogen-bond acceptors (Lipinski definition) is 3. The molecule has 114 valence electrons. The lowest BCUT2D eigenvalue weighted by Gasteiger charge is -2.23. The van der Waals surface area contributed by atoms with Crippen LogP contribution in [-0.2, 0) is 14.3 Å². The number of nitrogens with one attached hydrogen (secondary N) is 1. The molecule has 2 amide bonds. The molecule has 1 fully saturated rings. The summed E-state index contributed by atoms with van der Waals surface area (Å²) >= 11 is 0. The summed E-state index contributed by atoms with van der Waals surface area (Å²) in [6, 6.07) is 7.63. The highest BCUT2D eigenvalue weighted by atomic mass is 16.5. The minimum absolute atomic E-state index is 0.000301. The second kappa shape index (κ2) is 6.72. The molecular weight excluding hydrogens is 268 g/mol. The van der Waals surface area contributed by atoms with Crippen LogP contribution in [-0.4, -0.2) is 43.0 Å². The molecule has 2 unspecified atom stereocenters. The first-order valence-corrected chi connectivity index (χ1v) is 7.17. The molecule has 1 aliphatic heterocycles. The maximum atomic E-state index is 12.2. The van der Waals surface area contributed by atoms with E-state index in [9.17, 15) is 9.59 Å². The molecule has 0 aliphatic carbocycles. The van der Waals surface area contributed by atoms with E-state index in [1.165, 1.54) is 0 Å². The predicted octanol–water partition coefficient (Wildman–Crippen LogP) is 1.82. The monoisotopic (exact) mass is 290 g/mol. The fourth-order valence-electron chi connectivity index (χ4n) is 2.55. The van der Waals surface area contributed by atoms with E-state index >= 15 is 0 Å². The second-order valence-corrected chi connectivity index (χ2v) is 5.61. The first-order valence-electron chi connectivity index (χ1n) is 7.17. The largest absolute Gasteiger partial charge is 0.383 e. The Bertz CT molecular complexity index is 513. The van der Waals surface area contributed by atoms with Crippen molar-refractivity contribution in [3.63, 3.8) is 0 Å². The van der Waals surface area contributed by atoms with Gasteiger partial charge in [0.2, 0.25) is 11.8 Å². The molecule has 5 nitrogen and oxygen atoms in total. The Morgan fingerprint density at radius 3 is 2.71 bits per heavy atom.